The fourth-order valence-corrected chi connectivity index (χ4v) is 9.31. The van der Waals surface area contributed by atoms with Gasteiger partial charge in [0.25, 0.3) is 0 Å². The average molecular weight is 328 g/mol. The molecular weight excluding hydrogens is 296 g/mol. The summed E-state index contributed by atoms with van der Waals surface area (Å²) < 4.78 is 0. The number of aliphatic hydroxyl groups excluding tert-OH is 2. The Labute approximate surface area is 145 Å². The van der Waals surface area contributed by atoms with Crippen LogP contribution in [0.25, 0.3) is 0 Å². The topological polar surface area (TPSA) is 40.5 Å². The first-order valence-electron chi connectivity index (χ1n) is 10.7. The van der Waals surface area contributed by atoms with Crippen molar-refractivity contribution >= 4 is 0 Å². The van der Waals surface area contributed by atoms with E-state index in [2.05, 4.69) is 13.8 Å². The summed E-state index contributed by atoms with van der Waals surface area (Å²) in [6.07, 6.45) is 6.91. The van der Waals surface area contributed by atoms with E-state index in [1.165, 1.54) is 32.1 Å². The highest BCUT2D eigenvalue weighted by Gasteiger charge is 2.64. The van der Waals surface area contributed by atoms with Gasteiger partial charge in [0.2, 0.25) is 0 Å². The van der Waals surface area contributed by atoms with Crippen LogP contribution in [-0.2, 0) is 0 Å². The third-order valence-electron chi connectivity index (χ3n) is 9.88. The Morgan fingerprint density at radius 2 is 1.33 bits per heavy atom. The van der Waals surface area contributed by atoms with Gasteiger partial charge in [0.05, 0.1) is 12.2 Å². The maximum Gasteiger partial charge on any atom is 0.0830 e. The molecule has 0 saturated heterocycles. The summed E-state index contributed by atoms with van der Waals surface area (Å²) in [5.41, 5.74) is 3.80. The lowest BCUT2D eigenvalue weighted by atomic mass is 9.68. The molecule has 2 nitrogen and oxygen atoms in total. The molecule has 2 heteroatoms. The summed E-state index contributed by atoms with van der Waals surface area (Å²) >= 11 is 0. The number of hydrogen-bond donors (Lipinski definition) is 2. The molecule has 12 atom stereocenters. The second-order valence-electron chi connectivity index (χ2n) is 10.4. The molecule has 6 aliphatic rings. The smallest absolute Gasteiger partial charge is 0.0830 e. The maximum absolute atomic E-state index is 10.7. The van der Waals surface area contributed by atoms with E-state index in [9.17, 15) is 10.2 Å². The third kappa shape index (κ3) is 1.57. The van der Waals surface area contributed by atoms with Crippen LogP contribution < -0.4 is 0 Å². The van der Waals surface area contributed by atoms with Crippen LogP contribution in [0.15, 0.2) is 11.1 Å². The van der Waals surface area contributed by atoms with Gasteiger partial charge in [-0.1, -0.05) is 25.0 Å². The first kappa shape index (κ1) is 14.8. The zero-order chi connectivity index (χ0) is 16.3. The predicted octanol–water partition coefficient (Wildman–Crippen LogP) is 3.63. The molecule has 132 valence electrons. The van der Waals surface area contributed by atoms with Crippen molar-refractivity contribution in [2.45, 2.75) is 64.6 Å². The van der Waals surface area contributed by atoms with Crippen molar-refractivity contribution < 1.29 is 10.2 Å². The minimum atomic E-state index is -0.456. The van der Waals surface area contributed by atoms with E-state index >= 15 is 0 Å². The van der Waals surface area contributed by atoms with Crippen molar-refractivity contribution in [1.82, 2.24) is 0 Å². The number of rotatable bonds is 0. The highest BCUT2D eigenvalue weighted by molar-refractivity contribution is 5.36. The van der Waals surface area contributed by atoms with Gasteiger partial charge in [0, 0.05) is 0 Å². The van der Waals surface area contributed by atoms with Crippen molar-refractivity contribution in [3.8, 4) is 0 Å². The van der Waals surface area contributed by atoms with Crippen LogP contribution in [0.5, 0.6) is 0 Å². The molecule has 6 rings (SSSR count). The molecule has 4 fully saturated rings. The fraction of sp³-hybridized carbons (Fsp3) is 0.909. The second kappa shape index (κ2) is 4.68. The molecule has 0 heterocycles. The number of fused-ring (bicyclic) bond motifs is 13. The minimum absolute atomic E-state index is 0.383. The van der Waals surface area contributed by atoms with E-state index in [1.807, 2.05) is 11.1 Å². The molecule has 6 bridgehead atoms. The fourth-order valence-electron chi connectivity index (χ4n) is 9.31. The predicted molar refractivity (Wildman–Crippen MR) is 93.0 cm³/mol. The van der Waals surface area contributed by atoms with Crippen molar-refractivity contribution in [2.24, 2.45) is 59.2 Å². The van der Waals surface area contributed by atoms with E-state index in [-0.39, 0.29) is 0 Å². The van der Waals surface area contributed by atoms with Crippen LogP contribution in [0.4, 0.5) is 0 Å². The Bertz CT molecular complexity index is 609. The van der Waals surface area contributed by atoms with E-state index in [4.69, 9.17) is 0 Å². The van der Waals surface area contributed by atoms with Crippen LogP contribution in [-0.4, -0.2) is 22.4 Å². The Morgan fingerprint density at radius 1 is 0.708 bits per heavy atom. The molecule has 0 aliphatic heterocycles. The molecule has 12 unspecified atom stereocenters. The zero-order valence-electron chi connectivity index (χ0n) is 15.1. The molecule has 2 N–H and O–H groups in total. The number of aliphatic hydroxyl groups is 2. The van der Waals surface area contributed by atoms with Gasteiger partial charge in [0.1, 0.15) is 0 Å². The highest BCUT2D eigenvalue weighted by Crippen LogP contribution is 2.69. The van der Waals surface area contributed by atoms with Gasteiger partial charge in [0.15, 0.2) is 0 Å². The minimum Gasteiger partial charge on any atom is -0.390 e. The summed E-state index contributed by atoms with van der Waals surface area (Å²) in [6.45, 7) is 5.08. The Kier molecular flexibility index (Phi) is 2.88. The van der Waals surface area contributed by atoms with Crippen molar-refractivity contribution in [1.29, 1.82) is 0 Å². The number of hydrogen-bond acceptors (Lipinski definition) is 2. The normalized spacial score (nSPS) is 63.5. The Morgan fingerprint density at radius 3 is 2.00 bits per heavy atom. The van der Waals surface area contributed by atoms with Crippen molar-refractivity contribution in [3.63, 3.8) is 0 Å². The first-order chi connectivity index (χ1) is 11.6. The van der Waals surface area contributed by atoms with Gasteiger partial charge in [-0.15, -0.1) is 0 Å². The molecule has 0 spiro atoms. The van der Waals surface area contributed by atoms with Crippen LogP contribution in [0.1, 0.15) is 52.4 Å². The van der Waals surface area contributed by atoms with Crippen LogP contribution in [0.2, 0.25) is 0 Å². The lowest BCUT2D eigenvalue weighted by Crippen LogP contribution is -2.40. The van der Waals surface area contributed by atoms with Gasteiger partial charge in [-0.25, -0.2) is 0 Å². The second-order valence-corrected chi connectivity index (χ2v) is 10.4. The molecule has 0 aromatic carbocycles. The molecule has 6 aliphatic carbocycles. The summed E-state index contributed by atoms with van der Waals surface area (Å²) in [7, 11) is 0. The Hall–Kier alpha value is -0.340. The monoisotopic (exact) mass is 328 g/mol. The van der Waals surface area contributed by atoms with E-state index in [0.717, 1.165) is 47.8 Å². The lowest BCUT2D eigenvalue weighted by Gasteiger charge is -2.38. The van der Waals surface area contributed by atoms with Crippen molar-refractivity contribution in [3.05, 3.63) is 11.1 Å². The Balaban J connectivity index is 1.46. The number of allylic oxidation sites excluding steroid dienone is 2. The van der Waals surface area contributed by atoms with Crippen molar-refractivity contribution in [2.75, 3.05) is 0 Å². The quantitative estimate of drug-likeness (QED) is 0.526. The first-order valence-corrected chi connectivity index (χ1v) is 10.7. The summed E-state index contributed by atoms with van der Waals surface area (Å²) in [4.78, 5) is 0. The molecule has 0 aromatic rings. The molecule has 0 aromatic heterocycles. The largest absolute Gasteiger partial charge is 0.390 e. The van der Waals surface area contributed by atoms with Gasteiger partial charge >= 0.3 is 0 Å². The third-order valence-corrected chi connectivity index (χ3v) is 9.88. The lowest BCUT2D eigenvalue weighted by molar-refractivity contribution is -0.0565. The van der Waals surface area contributed by atoms with Crippen LogP contribution >= 0.6 is 0 Å². The van der Waals surface area contributed by atoms with E-state index in [1.54, 1.807) is 0 Å². The van der Waals surface area contributed by atoms with E-state index < -0.39 is 12.2 Å². The average Bonchev–Trinajstić information content (AvgIpc) is 3.29. The highest BCUT2D eigenvalue weighted by atomic mass is 16.3. The van der Waals surface area contributed by atoms with Gasteiger partial charge in [-0.05, 0) is 97.7 Å². The standard InChI is InChI=1S/C22H32O2/c1-9-14-8-15(10(2)19-12-4-3-11(5-12)18(9)19)21-16-6-13(20(14)21)7-17(23)22(16)24/h9-17,20-24H,3-8H2,1-2H3. The summed E-state index contributed by atoms with van der Waals surface area (Å²) in [5.74, 6) is 7.49. The molecule has 4 saturated carbocycles. The SMILES string of the molecule is CC1C2=C(C3CCC2C3)C(C)C2CC1C1C3CC(O)C(O)C(C3)C21. The zero-order valence-corrected chi connectivity index (χ0v) is 15.1. The molecular formula is C22H32O2. The summed E-state index contributed by atoms with van der Waals surface area (Å²) in [5, 5.41) is 21.1. The maximum atomic E-state index is 10.7. The molecule has 0 amide bonds. The molecule has 0 radical (unpaired) electrons. The molecule has 24 heavy (non-hydrogen) atoms. The van der Waals surface area contributed by atoms with Gasteiger partial charge < -0.3 is 10.2 Å². The van der Waals surface area contributed by atoms with Crippen LogP contribution in [0, 0.1) is 59.2 Å². The van der Waals surface area contributed by atoms with Crippen LogP contribution in [0.3, 0.4) is 0 Å². The van der Waals surface area contributed by atoms with Gasteiger partial charge in [-0.2, -0.15) is 0 Å². The van der Waals surface area contributed by atoms with Gasteiger partial charge in [-0.3, -0.25) is 0 Å². The summed E-state index contributed by atoms with van der Waals surface area (Å²) in [6, 6.07) is 0. The van der Waals surface area contributed by atoms with E-state index in [0.29, 0.717) is 17.8 Å².